The molecule has 4 nitrogen and oxygen atoms in total. The quantitative estimate of drug-likeness (QED) is 0.694. The Morgan fingerprint density at radius 3 is 1.81 bits per heavy atom. The van der Waals surface area contributed by atoms with Crippen molar-refractivity contribution in [1.82, 2.24) is 9.80 Å². The van der Waals surface area contributed by atoms with E-state index in [4.69, 9.17) is 0 Å². The van der Waals surface area contributed by atoms with Crippen LogP contribution in [0.3, 0.4) is 0 Å². The number of likely N-dealkylation sites (tertiary alicyclic amines) is 2. The molecule has 122 valence electrons. The van der Waals surface area contributed by atoms with Gasteiger partial charge in [-0.05, 0) is 18.9 Å². The third-order valence-corrected chi connectivity index (χ3v) is 3.74. The largest absolute Gasteiger partial charge is 0.434 e. The molecule has 0 aromatic rings. The van der Waals surface area contributed by atoms with Crippen LogP contribution < -0.4 is 0 Å². The average molecular weight is 320 g/mol. The molecule has 2 fully saturated rings. The Balaban J connectivity index is 1.98. The van der Waals surface area contributed by atoms with E-state index in [1.807, 2.05) is 11.9 Å². The highest BCUT2D eigenvalue weighted by atomic mass is 19.4. The molecular formula is C11H14F6N2O2. The monoisotopic (exact) mass is 320 g/mol. The van der Waals surface area contributed by atoms with Gasteiger partial charge in [-0.3, -0.25) is 0 Å². The van der Waals surface area contributed by atoms with Crippen LogP contribution in [-0.2, 0) is 4.74 Å². The fourth-order valence-corrected chi connectivity index (χ4v) is 2.87. The second-order valence-electron chi connectivity index (χ2n) is 5.49. The molecule has 1 amide bonds. The van der Waals surface area contributed by atoms with Crippen LogP contribution in [0.2, 0.25) is 0 Å². The third kappa shape index (κ3) is 3.53. The Kier molecular flexibility index (Phi) is 4.02. The van der Waals surface area contributed by atoms with Crippen molar-refractivity contribution < 1.29 is 35.9 Å². The van der Waals surface area contributed by atoms with Crippen molar-refractivity contribution >= 4 is 6.09 Å². The molecule has 2 atom stereocenters. The molecular weight excluding hydrogens is 306 g/mol. The maximum absolute atomic E-state index is 12.3. The van der Waals surface area contributed by atoms with Gasteiger partial charge in [0.15, 0.2) is 0 Å². The molecule has 0 saturated carbocycles. The van der Waals surface area contributed by atoms with Crippen molar-refractivity contribution in [2.75, 3.05) is 33.2 Å². The second kappa shape index (κ2) is 5.22. The van der Waals surface area contributed by atoms with Crippen LogP contribution >= 0.6 is 0 Å². The van der Waals surface area contributed by atoms with Crippen molar-refractivity contribution in [1.29, 1.82) is 0 Å². The Bertz CT molecular complexity index is 382. The topological polar surface area (TPSA) is 32.8 Å². The van der Waals surface area contributed by atoms with Gasteiger partial charge in [0.1, 0.15) is 0 Å². The molecule has 2 aliphatic heterocycles. The number of alkyl halides is 6. The third-order valence-electron chi connectivity index (χ3n) is 3.74. The zero-order chi connectivity index (χ0) is 16.0. The molecule has 21 heavy (non-hydrogen) atoms. The number of nitrogens with zero attached hydrogens (tertiary/aromatic N) is 2. The minimum absolute atomic E-state index is 0.0674. The van der Waals surface area contributed by atoms with E-state index >= 15 is 0 Å². The Morgan fingerprint density at radius 1 is 1.00 bits per heavy atom. The van der Waals surface area contributed by atoms with Crippen molar-refractivity contribution in [3.05, 3.63) is 0 Å². The molecule has 2 unspecified atom stereocenters. The summed E-state index contributed by atoms with van der Waals surface area (Å²) in [6, 6.07) is 0. The van der Waals surface area contributed by atoms with E-state index in [0.29, 0.717) is 13.1 Å². The molecule has 2 saturated heterocycles. The van der Waals surface area contributed by atoms with Gasteiger partial charge in [0.25, 0.3) is 6.10 Å². The molecule has 0 bridgehead atoms. The van der Waals surface area contributed by atoms with Gasteiger partial charge < -0.3 is 14.5 Å². The number of halogens is 6. The number of carbonyl (C=O) groups excluding carboxylic acids is 1. The lowest BCUT2D eigenvalue weighted by molar-refractivity contribution is -0.308. The SMILES string of the molecule is CN1CC2CN(C(=O)OC(C(F)(F)F)C(F)(F)F)CC2C1. The molecule has 2 aliphatic rings. The van der Waals surface area contributed by atoms with Crippen molar-refractivity contribution in [3.63, 3.8) is 0 Å². The van der Waals surface area contributed by atoms with Gasteiger partial charge in [0.05, 0.1) is 0 Å². The van der Waals surface area contributed by atoms with Crippen LogP contribution in [-0.4, -0.2) is 67.6 Å². The number of hydrogen-bond acceptors (Lipinski definition) is 3. The first-order valence-corrected chi connectivity index (χ1v) is 6.26. The van der Waals surface area contributed by atoms with E-state index in [0.717, 1.165) is 4.90 Å². The molecule has 0 aromatic heterocycles. The van der Waals surface area contributed by atoms with Gasteiger partial charge in [0.2, 0.25) is 0 Å². The predicted molar refractivity (Wildman–Crippen MR) is 58.4 cm³/mol. The summed E-state index contributed by atoms with van der Waals surface area (Å²) in [5, 5.41) is 0. The predicted octanol–water partition coefficient (Wildman–Crippen LogP) is 2.11. The highest BCUT2D eigenvalue weighted by molar-refractivity contribution is 5.68. The number of amides is 1. The van der Waals surface area contributed by atoms with Crippen LogP contribution in [0.1, 0.15) is 0 Å². The Hall–Kier alpha value is -1.19. The maximum atomic E-state index is 12.3. The van der Waals surface area contributed by atoms with Gasteiger partial charge in [-0.1, -0.05) is 0 Å². The zero-order valence-electron chi connectivity index (χ0n) is 11.0. The highest BCUT2D eigenvalue weighted by Crippen LogP contribution is 2.37. The molecule has 0 aliphatic carbocycles. The first-order chi connectivity index (χ1) is 9.48. The lowest BCUT2D eigenvalue weighted by Crippen LogP contribution is -2.48. The van der Waals surface area contributed by atoms with Gasteiger partial charge >= 0.3 is 18.4 Å². The van der Waals surface area contributed by atoms with Gasteiger partial charge in [0, 0.05) is 26.2 Å². The lowest BCUT2D eigenvalue weighted by Gasteiger charge is -2.26. The fourth-order valence-electron chi connectivity index (χ4n) is 2.87. The van der Waals surface area contributed by atoms with Gasteiger partial charge in [-0.15, -0.1) is 0 Å². The number of ether oxygens (including phenoxy) is 1. The summed E-state index contributed by atoms with van der Waals surface area (Å²) in [7, 11) is 1.87. The molecule has 2 heterocycles. The van der Waals surface area contributed by atoms with Crippen LogP contribution in [0.4, 0.5) is 31.1 Å². The molecule has 10 heteroatoms. The zero-order valence-corrected chi connectivity index (χ0v) is 11.0. The highest BCUT2D eigenvalue weighted by Gasteiger charge is 2.60. The number of fused-ring (bicyclic) bond motifs is 1. The second-order valence-corrected chi connectivity index (χ2v) is 5.49. The van der Waals surface area contributed by atoms with Crippen molar-refractivity contribution in [2.24, 2.45) is 11.8 Å². The first kappa shape index (κ1) is 16.2. The van der Waals surface area contributed by atoms with E-state index in [-0.39, 0.29) is 24.9 Å². The van der Waals surface area contributed by atoms with E-state index in [2.05, 4.69) is 4.74 Å². The smallest absolute Gasteiger partial charge is 0.426 e. The summed E-state index contributed by atoms with van der Waals surface area (Å²) in [5.41, 5.74) is 0. The summed E-state index contributed by atoms with van der Waals surface area (Å²) in [4.78, 5) is 14.5. The van der Waals surface area contributed by atoms with Crippen LogP contribution in [0.5, 0.6) is 0 Å². The molecule has 0 radical (unpaired) electrons. The van der Waals surface area contributed by atoms with Gasteiger partial charge in [-0.25, -0.2) is 4.79 Å². The summed E-state index contributed by atoms with van der Waals surface area (Å²) < 4.78 is 77.6. The van der Waals surface area contributed by atoms with Crippen LogP contribution in [0.25, 0.3) is 0 Å². The Labute approximate surface area is 116 Å². The first-order valence-electron chi connectivity index (χ1n) is 6.26. The minimum Gasteiger partial charge on any atom is -0.426 e. The van der Waals surface area contributed by atoms with E-state index in [1.165, 1.54) is 0 Å². The van der Waals surface area contributed by atoms with E-state index in [9.17, 15) is 31.1 Å². The molecule has 0 aromatic carbocycles. The molecule has 2 rings (SSSR count). The number of hydrogen-bond donors (Lipinski definition) is 0. The number of carbonyl (C=O) groups is 1. The maximum Gasteiger partial charge on any atom is 0.434 e. The Morgan fingerprint density at radius 2 is 1.43 bits per heavy atom. The number of rotatable bonds is 1. The van der Waals surface area contributed by atoms with Crippen LogP contribution in [0, 0.1) is 11.8 Å². The summed E-state index contributed by atoms with van der Waals surface area (Å²) in [6.07, 6.45) is -17.0. The lowest BCUT2D eigenvalue weighted by atomic mass is 10.0. The summed E-state index contributed by atoms with van der Waals surface area (Å²) >= 11 is 0. The normalized spacial score (nSPS) is 27.3. The minimum atomic E-state index is -5.68. The standard InChI is InChI=1S/C11H14F6N2O2/c1-18-2-6-4-19(5-7(6)3-18)9(20)21-8(10(12,13)14)11(15,16)17/h6-8H,2-5H2,1H3. The van der Waals surface area contributed by atoms with Crippen molar-refractivity contribution in [2.45, 2.75) is 18.5 Å². The molecule has 0 N–H and O–H groups in total. The average Bonchev–Trinajstić information content (AvgIpc) is 2.78. The van der Waals surface area contributed by atoms with Gasteiger partial charge in [-0.2, -0.15) is 26.3 Å². The summed E-state index contributed by atoms with van der Waals surface area (Å²) in [6.45, 7) is 1.57. The van der Waals surface area contributed by atoms with E-state index in [1.54, 1.807) is 0 Å². The van der Waals surface area contributed by atoms with Crippen molar-refractivity contribution in [3.8, 4) is 0 Å². The summed E-state index contributed by atoms with van der Waals surface area (Å²) in [5.74, 6) is 0.135. The van der Waals surface area contributed by atoms with Crippen LogP contribution in [0.15, 0.2) is 0 Å². The van der Waals surface area contributed by atoms with E-state index < -0.39 is 24.5 Å². The molecule has 0 spiro atoms. The fraction of sp³-hybridized carbons (Fsp3) is 0.909.